The lowest BCUT2D eigenvalue weighted by Gasteiger charge is -2.09. The van der Waals surface area contributed by atoms with Gasteiger partial charge in [0.15, 0.2) is 0 Å². The van der Waals surface area contributed by atoms with E-state index in [1.54, 1.807) is 6.92 Å². The fraction of sp³-hybridized carbons (Fsp3) is 0.400. The van der Waals surface area contributed by atoms with E-state index in [0.29, 0.717) is 6.54 Å². The third-order valence-electron chi connectivity index (χ3n) is 2.36. The Hall–Kier alpha value is -1.62. The van der Waals surface area contributed by atoms with Crippen LogP contribution < -0.4 is 0 Å². The van der Waals surface area contributed by atoms with Gasteiger partial charge in [0.2, 0.25) is 0 Å². The van der Waals surface area contributed by atoms with Gasteiger partial charge in [0, 0.05) is 11.9 Å². The molecule has 5 nitrogen and oxygen atoms in total. The Labute approximate surface area is 87.3 Å². The molecule has 0 fully saturated rings. The molecule has 2 aromatic rings. The molecule has 0 aliphatic rings. The Morgan fingerprint density at radius 3 is 2.93 bits per heavy atom. The van der Waals surface area contributed by atoms with Gasteiger partial charge >= 0.3 is 0 Å². The lowest BCUT2D eigenvalue weighted by molar-refractivity contribution is 0.189. The molecule has 1 N–H and O–H groups in total. The van der Waals surface area contributed by atoms with Crippen molar-refractivity contribution >= 4 is 0 Å². The standard InChI is InChI=1S/C10H13N3O2/c1-7-9(12-15-11-7)6-13-5-3-4-10(13)8(2)14/h3-5,8,14H,6H2,1-2H3. The molecule has 15 heavy (non-hydrogen) atoms. The van der Waals surface area contributed by atoms with E-state index in [4.69, 9.17) is 0 Å². The summed E-state index contributed by atoms with van der Waals surface area (Å²) in [6, 6.07) is 3.78. The monoisotopic (exact) mass is 207 g/mol. The molecule has 0 saturated carbocycles. The van der Waals surface area contributed by atoms with E-state index in [9.17, 15) is 5.11 Å². The van der Waals surface area contributed by atoms with Crippen LogP contribution in [0.25, 0.3) is 0 Å². The second-order valence-corrected chi connectivity index (χ2v) is 3.53. The number of nitrogens with zero attached hydrogens (tertiary/aromatic N) is 3. The molecular formula is C10H13N3O2. The summed E-state index contributed by atoms with van der Waals surface area (Å²) >= 11 is 0. The first kappa shape index (κ1) is 9.92. The minimum atomic E-state index is -0.486. The Kier molecular flexibility index (Phi) is 2.55. The molecule has 1 unspecified atom stereocenters. The van der Waals surface area contributed by atoms with Gasteiger partial charge in [-0.2, -0.15) is 0 Å². The van der Waals surface area contributed by atoms with Crippen LogP contribution in [0.1, 0.15) is 30.1 Å². The summed E-state index contributed by atoms with van der Waals surface area (Å²) in [5, 5.41) is 17.0. The van der Waals surface area contributed by atoms with E-state index < -0.39 is 6.10 Å². The Morgan fingerprint density at radius 1 is 1.53 bits per heavy atom. The second kappa shape index (κ2) is 3.86. The highest BCUT2D eigenvalue weighted by molar-refractivity contribution is 5.13. The Balaban J connectivity index is 2.25. The van der Waals surface area contributed by atoms with Gasteiger partial charge in [-0.15, -0.1) is 0 Å². The van der Waals surface area contributed by atoms with Crippen LogP contribution in [0.15, 0.2) is 23.0 Å². The predicted octanol–water partition coefficient (Wildman–Crippen LogP) is 1.28. The molecule has 2 rings (SSSR count). The zero-order valence-electron chi connectivity index (χ0n) is 8.71. The van der Waals surface area contributed by atoms with Crippen molar-refractivity contribution in [1.29, 1.82) is 0 Å². The average Bonchev–Trinajstić information content (AvgIpc) is 2.77. The highest BCUT2D eigenvalue weighted by Gasteiger charge is 2.10. The van der Waals surface area contributed by atoms with Crippen molar-refractivity contribution in [2.24, 2.45) is 0 Å². The predicted molar refractivity (Wildman–Crippen MR) is 53.2 cm³/mol. The molecule has 0 bridgehead atoms. The zero-order valence-corrected chi connectivity index (χ0v) is 8.71. The minimum absolute atomic E-state index is 0.486. The Bertz CT molecular complexity index is 445. The van der Waals surface area contributed by atoms with Gasteiger partial charge < -0.3 is 9.67 Å². The third-order valence-corrected chi connectivity index (χ3v) is 2.36. The molecule has 0 radical (unpaired) electrons. The van der Waals surface area contributed by atoms with Gasteiger partial charge in [0.1, 0.15) is 11.4 Å². The summed E-state index contributed by atoms with van der Waals surface area (Å²) in [5.74, 6) is 0. The largest absolute Gasteiger partial charge is 0.387 e. The number of rotatable bonds is 3. The van der Waals surface area contributed by atoms with Crippen LogP contribution >= 0.6 is 0 Å². The van der Waals surface area contributed by atoms with Crippen LogP contribution in [-0.2, 0) is 6.54 Å². The maximum atomic E-state index is 9.51. The summed E-state index contributed by atoms with van der Waals surface area (Å²) in [6.45, 7) is 4.15. The van der Waals surface area contributed by atoms with E-state index in [0.717, 1.165) is 17.1 Å². The van der Waals surface area contributed by atoms with E-state index in [1.165, 1.54) is 0 Å². The molecule has 2 aromatic heterocycles. The van der Waals surface area contributed by atoms with E-state index in [1.807, 2.05) is 29.8 Å². The summed E-state index contributed by atoms with van der Waals surface area (Å²) in [7, 11) is 0. The molecule has 0 saturated heterocycles. The number of aryl methyl sites for hydroxylation is 1. The first-order chi connectivity index (χ1) is 7.18. The summed E-state index contributed by atoms with van der Waals surface area (Å²) in [4.78, 5) is 0. The summed E-state index contributed by atoms with van der Waals surface area (Å²) in [5.41, 5.74) is 2.42. The topological polar surface area (TPSA) is 64.1 Å². The van der Waals surface area contributed by atoms with E-state index in [2.05, 4.69) is 14.9 Å². The fourth-order valence-corrected chi connectivity index (χ4v) is 1.50. The molecule has 2 heterocycles. The van der Waals surface area contributed by atoms with Gasteiger partial charge in [0.05, 0.1) is 12.6 Å². The Morgan fingerprint density at radius 2 is 2.33 bits per heavy atom. The van der Waals surface area contributed by atoms with Crippen LogP contribution in [0.3, 0.4) is 0 Å². The van der Waals surface area contributed by atoms with Gasteiger partial charge in [-0.05, 0) is 26.0 Å². The lowest BCUT2D eigenvalue weighted by Crippen LogP contribution is -2.06. The third kappa shape index (κ3) is 1.92. The van der Waals surface area contributed by atoms with Gasteiger partial charge in [0.25, 0.3) is 0 Å². The van der Waals surface area contributed by atoms with Crippen molar-refractivity contribution in [2.45, 2.75) is 26.5 Å². The van der Waals surface area contributed by atoms with Crippen LogP contribution in [0.2, 0.25) is 0 Å². The van der Waals surface area contributed by atoms with Crippen LogP contribution in [0.5, 0.6) is 0 Å². The first-order valence-electron chi connectivity index (χ1n) is 4.79. The number of aromatic nitrogens is 3. The maximum Gasteiger partial charge on any atom is 0.127 e. The SMILES string of the molecule is Cc1nonc1Cn1cccc1C(C)O. The molecule has 0 aliphatic carbocycles. The highest BCUT2D eigenvalue weighted by atomic mass is 16.6. The smallest absolute Gasteiger partial charge is 0.127 e. The van der Waals surface area contributed by atoms with Crippen molar-refractivity contribution < 1.29 is 9.74 Å². The molecule has 0 aromatic carbocycles. The molecule has 0 amide bonds. The first-order valence-corrected chi connectivity index (χ1v) is 4.79. The quantitative estimate of drug-likeness (QED) is 0.823. The van der Waals surface area contributed by atoms with Crippen molar-refractivity contribution in [3.63, 3.8) is 0 Å². The number of hydrogen-bond acceptors (Lipinski definition) is 4. The molecular weight excluding hydrogens is 194 g/mol. The van der Waals surface area contributed by atoms with Crippen LogP contribution in [0, 0.1) is 6.92 Å². The van der Waals surface area contributed by atoms with Gasteiger partial charge in [-0.1, -0.05) is 10.3 Å². The molecule has 5 heteroatoms. The molecule has 0 aliphatic heterocycles. The normalized spacial score (nSPS) is 13.0. The fourth-order valence-electron chi connectivity index (χ4n) is 1.50. The number of aliphatic hydroxyl groups is 1. The maximum absolute atomic E-state index is 9.51. The lowest BCUT2D eigenvalue weighted by atomic mass is 10.3. The van der Waals surface area contributed by atoms with E-state index >= 15 is 0 Å². The molecule has 80 valence electrons. The van der Waals surface area contributed by atoms with Crippen LogP contribution in [0.4, 0.5) is 0 Å². The van der Waals surface area contributed by atoms with Crippen LogP contribution in [-0.4, -0.2) is 20.0 Å². The molecule has 0 spiro atoms. The molecule has 1 atom stereocenters. The van der Waals surface area contributed by atoms with E-state index in [-0.39, 0.29) is 0 Å². The second-order valence-electron chi connectivity index (χ2n) is 3.53. The van der Waals surface area contributed by atoms with Crippen molar-refractivity contribution in [3.05, 3.63) is 35.4 Å². The number of hydrogen-bond donors (Lipinski definition) is 1. The van der Waals surface area contributed by atoms with Crippen molar-refractivity contribution in [2.75, 3.05) is 0 Å². The minimum Gasteiger partial charge on any atom is -0.387 e. The van der Waals surface area contributed by atoms with Gasteiger partial charge in [-0.25, -0.2) is 4.63 Å². The van der Waals surface area contributed by atoms with Crippen molar-refractivity contribution in [3.8, 4) is 0 Å². The van der Waals surface area contributed by atoms with Gasteiger partial charge in [-0.3, -0.25) is 0 Å². The van der Waals surface area contributed by atoms with Crippen molar-refractivity contribution in [1.82, 2.24) is 14.9 Å². The highest BCUT2D eigenvalue weighted by Crippen LogP contribution is 2.14. The summed E-state index contributed by atoms with van der Waals surface area (Å²) < 4.78 is 6.55. The zero-order chi connectivity index (χ0) is 10.8. The number of aliphatic hydroxyl groups excluding tert-OH is 1. The average molecular weight is 207 g/mol. The summed E-state index contributed by atoms with van der Waals surface area (Å²) in [6.07, 6.45) is 1.41.